The number of para-hydroxylation sites is 5. The van der Waals surface area contributed by atoms with Gasteiger partial charge < -0.3 is 23.2 Å². The number of ether oxygens (including phenoxy) is 2. The lowest BCUT2D eigenvalue weighted by Crippen LogP contribution is -2.58. The van der Waals surface area contributed by atoms with E-state index in [4.69, 9.17) is 9.47 Å². The van der Waals surface area contributed by atoms with Crippen LogP contribution in [0.3, 0.4) is 0 Å². The zero-order valence-corrected chi connectivity index (χ0v) is 39.4. The van der Waals surface area contributed by atoms with E-state index < -0.39 is 0 Å². The van der Waals surface area contributed by atoms with E-state index in [1.165, 1.54) is 110 Å². The number of fused-ring (bicyclic) bond motifs is 17. The molecule has 0 atom stereocenters. The molecule has 326 valence electrons. The van der Waals surface area contributed by atoms with Gasteiger partial charge >= 0.3 is 0 Å². The molecular formula is C62H45B2N3O2. The molecule has 3 aromatic heterocycles. The van der Waals surface area contributed by atoms with E-state index in [2.05, 4.69) is 219 Å². The van der Waals surface area contributed by atoms with Crippen LogP contribution in [0.2, 0.25) is 0 Å². The maximum Gasteiger partial charge on any atom is 0.256 e. The Morgan fingerprint density at radius 1 is 0.348 bits per heavy atom. The summed E-state index contributed by atoms with van der Waals surface area (Å²) >= 11 is 0. The molecule has 69 heavy (non-hydrogen) atoms. The number of benzene rings is 9. The molecule has 7 heteroatoms. The molecule has 7 heterocycles. The number of aromatic nitrogens is 3. The number of nitrogens with zero attached hydrogens (tertiary/aromatic N) is 3. The molecular weight excluding hydrogens is 840 g/mol. The van der Waals surface area contributed by atoms with Gasteiger partial charge in [-0.05, 0) is 103 Å². The van der Waals surface area contributed by atoms with E-state index in [-0.39, 0.29) is 24.3 Å². The second-order valence-electron chi connectivity index (χ2n) is 22.1. The fourth-order valence-corrected chi connectivity index (χ4v) is 13.0. The lowest BCUT2D eigenvalue weighted by atomic mass is 9.34. The van der Waals surface area contributed by atoms with Crippen molar-refractivity contribution in [2.24, 2.45) is 0 Å². The largest absolute Gasteiger partial charge is 0.458 e. The highest BCUT2D eigenvalue weighted by atomic mass is 16.5. The van der Waals surface area contributed by atoms with Gasteiger partial charge in [-0.3, -0.25) is 0 Å². The molecule has 4 aliphatic heterocycles. The minimum atomic E-state index is -0.0935. The van der Waals surface area contributed by atoms with Gasteiger partial charge in [0.05, 0.1) is 22.1 Å². The summed E-state index contributed by atoms with van der Waals surface area (Å²) in [4.78, 5) is 0. The molecule has 16 rings (SSSR count). The highest BCUT2D eigenvalue weighted by molar-refractivity contribution is 7.00. The van der Waals surface area contributed by atoms with Crippen molar-refractivity contribution in [2.75, 3.05) is 0 Å². The summed E-state index contributed by atoms with van der Waals surface area (Å²) in [5.74, 6) is 3.68. The van der Waals surface area contributed by atoms with Crippen LogP contribution in [-0.4, -0.2) is 27.1 Å². The Hall–Kier alpha value is -7.89. The Labute approximate surface area is 400 Å². The Morgan fingerprint density at radius 3 is 1.25 bits per heavy atom. The van der Waals surface area contributed by atoms with Gasteiger partial charge in [-0.25, -0.2) is 0 Å². The third-order valence-electron chi connectivity index (χ3n) is 16.2. The van der Waals surface area contributed by atoms with Crippen LogP contribution in [0, 0.1) is 0 Å². The fourth-order valence-electron chi connectivity index (χ4n) is 13.0. The van der Waals surface area contributed by atoms with Crippen LogP contribution in [0.1, 0.15) is 52.7 Å². The lowest BCUT2D eigenvalue weighted by molar-refractivity contribution is 0.483. The van der Waals surface area contributed by atoms with Gasteiger partial charge in [0.1, 0.15) is 23.0 Å². The van der Waals surface area contributed by atoms with Gasteiger partial charge in [0.15, 0.2) is 0 Å². The molecule has 0 unspecified atom stereocenters. The van der Waals surface area contributed by atoms with E-state index in [0.717, 1.165) is 39.7 Å². The van der Waals surface area contributed by atoms with Gasteiger partial charge in [0.25, 0.3) is 13.4 Å². The lowest BCUT2D eigenvalue weighted by Gasteiger charge is -2.35. The molecule has 5 nitrogen and oxygen atoms in total. The molecule has 0 saturated heterocycles. The van der Waals surface area contributed by atoms with Crippen LogP contribution >= 0.6 is 0 Å². The Morgan fingerprint density at radius 2 is 0.783 bits per heavy atom. The monoisotopic (exact) mass is 885 g/mol. The summed E-state index contributed by atoms with van der Waals surface area (Å²) < 4.78 is 22.1. The second kappa shape index (κ2) is 12.6. The minimum Gasteiger partial charge on any atom is -0.458 e. The van der Waals surface area contributed by atoms with Crippen molar-refractivity contribution >= 4 is 112 Å². The second-order valence-corrected chi connectivity index (χ2v) is 22.1. The standard InChI is InChI=1S/C62H45B2N3O2/c1-61(2,3)34-26-51-57-55(28-34)68-53-32-49-41(30-45(53)63(57)43-22-14-20-39-37-18-10-12-24-47(37)66(51)59(39)43)42-31-46-54(33-50(42)65(49)36-16-8-7-9-17-36)69-56-29-35(62(4,5)6)27-52-58(56)64(46)44-23-15-21-40-38-19-11-13-25-48(38)67(52)60(40)44/h7-33H,1-6H3. The Bertz CT molecular complexity index is 4090. The van der Waals surface area contributed by atoms with E-state index >= 15 is 0 Å². The summed E-state index contributed by atoms with van der Waals surface area (Å²) in [5.41, 5.74) is 20.6. The third-order valence-corrected chi connectivity index (χ3v) is 16.2. The maximum absolute atomic E-state index is 7.33. The number of hydrogen-bond donors (Lipinski definition) is 0. The van der Waals surface area contributed by atoms with Gasteiger partial charge in [0, 0.05) is 72.5 Å². The van der Waals surface area contributed by atoms with Gasteiger partial charge in [0.2, 0.25) is 0 Å². The third kappa shape index (κ3) is 4.78. The molecule has 0 fully saturated rings. The van der Waals surface area contributed by atoms with Crippen molar-refractivity contribution in [3.63, 3.8) is 0 Å². The van der Waals surface area contributed by atoms with Crippen LogP contribution in [0.15, 0.2) is 164 Å². The smallest absolute Gasteiger partial charge is 0.256 e. The SMILES string of the molecule is CC(C)(C)c1cc2c3c(c1)-n1c4ccccc4c4cccc(c41)B3c1cc3c4cc5c(cc4n(-c4ccccc4)c3cc1O2)Oc1cc(C(C)(C)C)cc2c1B5c1cccc3c4ccccc4n-2c13. The fraction of sp³-hybridized carbons (Fsp3) is 0.129. The molecule has 0 bridgehead atoms. The molecule has 0 N–H and O–H groups in total. The highest BCUT2D eigenvalue weighted by Gasteiger charge is 2.44. The van der Waals surface area contributed by atoms with Gasteiger partial charge in [-0.2, -0.15) is 0 Å². The molecule has 4 aliphatic rings. The van der Waals surface area contributed by atoms with E-state index in [9.17, 15) is 0 Å². The average molecular weight is 886 g/mol. The first-order chi connectivity index (χ1) is 33.5. The van der Waals surface area contributed by atoms with Crippen molar-refractivity contribution < 1.29 is 9.47 Å². The zero-order valence-electron chi connectivity index (χ0n) is 39.4. The van der Waals surface area contributed by atoms with Crippen molar-refractivity contribution in [2.45, 2.75) is 52.4 Å². The molecule has 0 saturated carbocycles. The number of hydrogen-bond acceptors (Lipinski definition) is 2. The van der Waals surface area contributed by atoms with Crippen LogP contribution in [0.4, 0.5) is 0 Å². The summed E-state index contributed by atoms with van der Waals surface area (Å²) in [7, 11) is 0. The minimum absolute atomic E-state index is 0.0296. The van der Waals surface area contributed by atoms with E-state index in [0.29, 0.717) is 0 Å². The van der Waals surface area contributed by atoms with E-state index in [1.807, 2.05) is 0 Å². The van der Waals surface area contributed by atoms with Crippen molar-refractivity contribution in [3.8, 4) is 40.1 Å². The summed E-state index contributed by atoms with van der Waals surface area (Å²) in [6, 6.07) is 61.5. The number of rotatable bonds is 1. The average Bonchev–Trinajstić information content (AvgIpc) is 3.98. The van der Waals surface area contributed by atoms with Crippen molar-refractivity contribution in [3.05, 3.63) is 175 Å². The van der Waals surface area contributed by atoms with Gasteiger partial charge in [-0.1, -0.05) is 145 Å². The first kappa shape index (κ1) is 38.1. The molecule has 0 spiro atoms. The highest BCUT2D eigenvalue weighted by Crippen LogP contribution is 2.45. The molecule has 0 amide bonds. The topological polar surface area (TPSA) is 33.2 Å². The summed E-state index contributed by atoms with van der Waals surface area (Å²) in [6.45, 7) is 13.8. The molecule has 12 aromatic rings. The van der Waals surface area contributed by atoms with Crippen LogP contribution in [0.25, 0.3) is 82.5 Å². The van der Waals surface area contributed by atoms with Crippen LogP contribution in [-0.2, 0) is 10.8 Å². The first-order valence-corrected chi connectivity index (χ1v) is 24.5. The Balaban J connectivity index is 1.01. The first-order valence-electron chi connectivity index (χ1n) is 24.5. The van der Waals surface area contributed by atoms with Crippen LogP contribution in [0.5, 0.6) is 23.0 Å². The van der Waals surface area contributed by atoms with Crippen molar-refractivity contribution in [1.82, 2.24) is 13.7 Å². The predicted octanol–water partition coefficient (Wildman–Crippen LogP) is 11.4. The maximum atomic E-state index is 7.33. The molecule has 0 aliphatic carbocycles. The Kier molecular flexibility index (Phi) is 6.96. The van der Waals surface area contributed by atoms with Crippen LogP contribution < -0.4 is 42.3 Å². The quantitative estimate of drug-likeness (QED) is 0.154. The molecule has 0 radical (unpaired) electrons. The van der Waals surface area contributed by atoms with Crippen molar-refractivity contribution in [1.29, 1.82) is 0 Å². The zero-order chi connectivity index (χ0) is 46.0. The summed E-state index contributed by atoms with van der Waals surface area (Å²) in [6.07, 6.45) is 0. The molecule has 9 aromatic carbocycles. The van der Waals surface area contributed by atoms with Gasteiger partial charge in [-0.15, -0.1) is 0 Å². The summed E-state index contributed by atoms with van der Waals surface area (Å²) in [5, 5.41) is 7.52. The van der Waals surface area contributed by atoms with E-state index in [1.54, 1.807) is 0 Å². The predicted molar refractivity (Wildman–Crippen MR) is 289 cm³/mol. The normalized spacial score (nSPS) is 14.1.